The number of carbonyl (C=O) groups excluding carboxylic acids is 2. The molecular formula is C22H14ClN3O5. The van der Waals surface area contributed by atoms with E-state index in [2.05, 4.69) is 4.98 Å². The number of nitro groups is 1. The Morgan fingerprint density at radius 2 is 1.84 bits per heavy atom. The zero-order valence-electron chi connectivity index (χ0n) is 15.8. The van der Waals surface area contributed by atoms with Gasteiger partial charge in [0.05, 0.1) is 28.4 Å². The van der Waals surface area contributed by atoms with Crippen LogP contribution in [0.3, 0.4) is 0 Å². The molecule has 0 radical (unpaired) electrons. The van der Waals surface area contributed by atoms with E-state index in [1.807, 2.05) is 0 Å². The third-order valence-corrected chi connectivity index (χ3v) is 5.13. The van der Waals surface area contributed by atoms with Crippen LogP contribution in [0.4, 0.5) is 11.4 Å². The molecule has 3 aromatic rings. The molecule has 154 valence electrons. The lowest BCUT2D eigenvalue weighted by molar-refractivity contribution is -0.384. The molecule has 2 heterocycles. The summed E-state index contributed by atoms with van der Waals surface area (Å²) in [6.45, 7) is 0. The van der Waals surface area contributed by atoms with Crippen LogP contribution in [0, 0.1) is 10.1 Å². The molecule has 0 bridgehead atoms. The lowest BCUT2D eigenvalue weighted by Crippen LogP contribution is -2.29. The molecule has 4 rings (SSSR count). The lowest BCUT2D eigenvalue weighted by Gasteiger charge is -2.25. The number of benzene rings is 2. The van der Waals surface area contributed by atoms with E-state index >= 15 is 0 Å². The highest BCUT2D eigenvalue weighted by molar-refractivity contribution is 6.51. The summed E-state index contributed by atoms with van der Waals surface area (Å²) in [5.41, 5.74) is 0.505. The van der Waals surface area contributed by atoms with Crippen molar-refractivity contribution in [2.75, 3.05) is 4.90 Å². The number of non-ortho nitro benzene ring substituents is 1. The fraction of sp³-hybridized carbons (Fsp3) is 0.0455. The van der Waals surface area contributed by atoms with Crippen LogP contribution >= 0.6 is 11.6 Å². The third-order valence-electron chi connectivity index (χ3n) is 4.88. The molecule has 1 aliphatic heterocycles. The van der Waals surface area contributed by atoms with Crippen molar-refractivity contribution in [1.29, 1.82) is 0 Å². The smallest absolute Gasteiger partial charge is 0.300 e. The number of nitrogens with zero attached hydrogens (tertiary/aromatic N) is 3. The highest BCUT2D eigenvalue weighted by Crippen LogP contribution is 2.42. The predicted octanol–water partition coefficient (Wildman–Crippen LogP) is 4.27. The van der Waals surface area contributed by atoms with E-state index in [9.17, 15) is 24.8 Å². The summed E-state index contributed by atoms with van der Waals surface area (Å²) >= 11 is 5.90. The van der Waals surface area contributed by atoms with Crippen molar-refractivity contribution < 1.29 is 19.6 Å². The number of hydrogen-bond donors (Lipinski definition) is 1. The first-order chi connectivity index (χ1) is 14.9. The normalized spacial score (nSPS) is 17.7. The summed E-state index contributed by atoms with van der Waals surface area (Å²) < 4.78 is 0. The van der Waals surface area contributed by atoms with Gasteiger partial charge in [0.15, 0.2) is 0 Å². The van der Waals surface area contributed by atoms with Crippen molar-refractivity contribution >= 4 is 40.4 Å². The number of pyridine rings is 1. The Bertz CT molecular complexity index is 1230. The van der Waals surface area contributed by atoms with Crippen LogP contribution < -0.4 is 4.90 Å². The van der Waals surface area contributed by atoms with Gasteiger partial charge < -0.3 is 5.11 Å². The number of Topliss-reactive ketones (excluding diaryl/α,β-unsaturated/α-hetero) is 1. The first kappa shape index (κ1) is 20.2. The number of nitro benzene ring substituents is 1. The van der Waals surface area contributed by atoms with Crippen LogP contribution in [0.5, 0.6) is 0 Å². The number of rotatable bonds is 4. The lowest BCUT2D eigenvalue weighted by atomic mass is 9.95. The molecule has 1 atom stereocenters. The fourth-order valence-electron chi connectivity index (χ4n) is 3.48. The molecule has 1 fully saturated rings. The number of ketones is 1. The summed E-state index contributed by atoms with van der Waals surface area (Å²) in [4.78, 5) is 41.8. The molecule has 1 N–H and O–H groups in total. The second kappa shape index (κ2) is 8.00. The second-order valence-corrected chi connectivity index (χ2v) is 7.18. The van der Waals surface area contributed by atoms with E-state index in [0.29, 0.717) is 16.3 Å². The van der Waals surface area contributed by atoms with Gasteiger partial charge in [0.2, 0.25) is 0 Å². The number of hydrogen-bond acceptors (Lipinski definition) is 6. The van der Waals surface area contributed by atoms with Crippen LogP contribution in [0.2, 0.25) is 5.02 Å². The number of carbonyl (C=O) groups is 2. The van der Waals surface area contributed by atoms with Crippen LogP contribution in [0.25, 0.3) is 5.76 Å². The van der Waals surface area contributed by atoms with Gasteiger partial charge in [-0.15, -0.1) is 0 Å². The average molecular weight is 436 g/mol. The van der Waals surface area contributed by atoms with Gasteiger partial charge in [0.1, 0.15) is 5.76 Å². The van der Waals surface area contributed by atoms with E-state index in [0.717, 1.165) is 0 Å². The molecule has 2 aromatic carbocycles. The van der Waals surface area contributed by atoms with E-state index in [-0.39, 0.29) is 16.8 Å². The van der Waals surface area contributed by atoms with Crippen molar-refractivity contribution in [2.24, 2.45) is 0 Å². The molecule has 1 amide bonds. The van der Waals surface area contributed by atoms with Gasteiger partial charge in [0.25, 0.3) is 17.4 Å². The SMILES string of the molecule is O=C1C(=O)N(c2cccnc2)[C@@H](c2cccc([N+](=O)[O-])c2)C1=C(O)c1ccc(Cl)cc1. The molecule has 8 nitrogen and oxygen atoms in total. The summed E-state index contributed by atoms with van der Waals surface area (Å²) in [7, 11) is 0. The van der Waals surface area contributed by atoms with Gasteiger partial charge in [-0.25, -0.2) is 0 Å². The Labute approximate surface area is 181 Å². The van der Waals surface area contributed by atoms with Gasteiger partial charge in [-0.05, 0) is 42.0 Å². The molecule has 31 heavy (non-hydrogen) atoms. The van der Waals surface area contributed by atoms with E-state index in [1.165, 1.54) is 59.8 Å². The topological polar surface area (TPSA) is 114 Å². The minimum Gasteiger partial charge on any atom is -0.507 e. The Kier molecular flexibility index (Phi) is 5.22. The fourth-order valence-corrected chi connectivity index (χ4v) is 3.61. The Balaban J connectivity index is 1.96. The molecule has 0 spiro atoms. The van der Waals surface area contributed by atoms with Gasteiger partial charge in [-0.2, -0.15) is 0 Å². The maximum Gasteiger partial charge on any atom is 0.300 e. The standard InChI is InChI=1S/C22H14ClN3O5/c23-15-8-6-13(7-9-15)20(27)18-19(14-3-1-4-16(11-14)26(30)31)25(22(29)21(18)28)17-5-2-10-24-12-17/h1-12,19,27H/t19-/m0/s1. The highest BCUT2D eigenvalue weighted by atomic mass is 35.5. The minimum absolute atomic E-state index is 0.184. The molecule has 1 aromatic heterocycles. The highest BCUT2D eigenvalue weighted by Gasteiger charge is 2.47. The van der Waals surface area contributed by atoms with Gasteiger partial charge in [0, 0.05) is 28.9 Å². The van der Waals surface area contributed by atoms with E-state index in [4.69, 9.17) is 11.6 Å². The molecular weight excluding hydrogens is 422 g/mol. The maximum absolute atomic E-state index is 13.0. The minimum atomic E-state index is -1.08. The maximum atomic E-state index is 13.0. The molecule has 9 heteroatoms. The molecule has 0 aliphatic carbocycles. The van der Waals surface area contributed by atoms with Crippen molar-refractivity contribution in [3.8, 4) is 0 Å². The van der Waals surface area contributed by atoms with Crippen molar-refractivity contribution in [2.45, 2.75) is 6.04 Å². The van der Waals surface area contributed by atoms with Crippen molar-refractivity contribution in [3.05, 3.63) is 105 Å². The van der Waals surface area contributed by atoms with Crippen LogP contribution in [0.15, 0.2) is 78.6 Å². The number of anilines is 1. The summed E-state index contributed by atoms with van der Waals surface area (Å²) in [6.07, 6.45) is 2.91. The Morgan fingerprint density at radius 3 is 2.48 bits per heavy atom. The largest absolute Gasteiger partial charge is 0.507 e. The van der Waals surface area contributed by atoms with Crippen molar-refractivity contribution in [3.63, 3.8) is 0 Å². The molecule has 1 saturated heterocycles. The summed E-state index contributed by atoms with van der Waals surface area (Å²) in [6, 6.07) is 13.8. The second-order valence-electron chi connectivity index (χ2n) is 6.74. The molecule has 1 aliphatic rings. The zero-order valence-corrected chi connectivity index (χ0v) is 16.6. The van der Waals surface area contributed by atoms with Crippen LogP contribution in [-0.2, 0) is 9.59 Å². The number of aliphatic hydroxyl groups excluding tert-OH is 1. The summed E-state index contributed by atoms with van der Waals surface area (Å²) in [5.74, 6) is -2.19. The first-order valence-electron chi connectivity index (χ1n) is 9.10. The van der Waals surface area contributed by atoms with Crippen LogP contribution in [0.1, 0.15) is 17.2 Å². The number of halogens is 1. The number of aromatic nitrogens is 1. The monoisotopic (exact) mass is 435 g/mol. The van der Waals surface area contributed by atoms with Gasteiger partial charge in [-0.3, -0.25) is 29.6 Å². The van der Waals surface area contributed by atoms with Gasteiger partial charge in [-0.1, -0.05) is 23.7 Å². The number of aliphatic hydroxyl groups is 1. The summed E-state index contributed by atoms with van der Waals surface area (Å²) in [5, 5.41) is 22.7. The Hall–Kier alpha value is -4.04. The predicted molar refractivity (Wildman–Crippen MR) is 114 cm³/mol. The van der Waals surface area contributed by atoms with E-state index in [1.54, 1.807) is 18.2 Å². The molecule has 0 saturated carbocycles. The zero-order chi connectivity index (χ0) is 22.1. The third kappa shape index (κ3) is 3.64. The van der Waals surface area contributed by atoms with E-state index < -0.39 is 28.4 Å². The number of amides is 1. The molecule has 0 unspecified atom stereocenters. The van der Waals surface area contributed by atoms with Gasteiger partial charge >= 0.3 is 0 Å². The quantitative estimate of drug-likeness (QED) is 0.215. The van der Waals surface area contributed by atoms with Crippen molar-refractivity contribution in [1.82, 2.24) is 4.98 Å². The first-order valence-corrected chi connectivity index (χ1v) is 9.47. The van der Waals surface area contributed by atoms with Crippen LogP contribution in [-0.4, -0.2) is 26.7 Å². The Morgan fingerprint density at radius 1 is 1.10 bits per heavy atom. The average Bonchev–Trinajstić information content (AvgIpc) is 3.05.